The molecule has 3 nitrogen and oxygen atoms in total. The van der Waals surface area contributed by atoms with Crippen molar-refractivity contribution in [2.75, 3.05) is 9.80 Å². The van der Waals surface area contributed by atoms with E-state index in [1.54, 1.807) is 12.1 Å². The minimum atomic E-state index is -0.256. The third kappa shape index (κ3) is 4.36. The first kappa shape index (κ1) is 23.7. The summed E-state index contributed by atoms with van der Waals surface area (Å²) in [5, 5.41) is 2.18. The van der Waals surface area contributed by atoms with Crippen LogP contribution in [0.15, 0.2) is 156 Å². The molecule has 7 aromatic rings. The Morgan fingerprint density at radius 1 is 0.375 bits per heavy atom. The van der Waals surface area contributed by atoms with Gasteiger partial charge in [0.1, 0.15) is 17.0 Å². The maximum absolute atomic E-state index is 13.8. The van der Waals surface area contributed by atoms with Gasteiger partial charge in [0.2, 0.25) is 0 Å². The van der Waals surface area contributed by atoms with Crippen LogP contribution in [0.4, 0.5) is 38.5 Å². The highest BCUT2D eigenvalue weighted by molar-refractivity contribution is 6.06. The molecule has 0 radical (unpaired) electrons. The van der Waals surface area contributed by atoms with E-state index in [1.807, 2.05) is 60.7 Å². The molecule has 40 heavy (non-hydrogen) atoms. The molecule has 1 heterocycles. The van der Waals surface area contributed by atoms with E-state index in [-0.39, 0.29) is 5.82 Å². The van der Waals surface area contributed by atoms with E-state index in [0.717, 1.165) is 56.1 Å². The van der Waals surface area contributed by atoms with Crippen LogP contribution in [-0.4, -0.2) is 0 Å². The summed E-state index contributed by atoms with van der Waals surface area (Å²) in [4.78, 5) is 4.37. The Bertz CT molecular complexity index is 1900. The monoisotopic (exact) mass is 520 g/mol. The predicted molar refractivity (Wildman–Crippen MR) is 163 cm³/mol. The zero-order chi connectivity index (χ0) is 26.9. The lowest BCUT2D eigenvalue weighted by Crippen LogP contribution is -2.12. The molecule has 0 saturated carbocycles. The van der Waals surface area contributed by atoms with Crippen molar-refractivity contribution in [1.82, 2.24) is 0 Å². The summed E-state index contributed by atoms with van der Waals surface area (Å²) in [6.45, 7) is 0. The molecule has 7 rings (SSSR count). The number of hydrogen-bond donors (Lipinski definition) is 0. The number of benzene rings is 6. The summed E-state index contributed by atoms with van der Waals surface area (Å²) in [7, 11) is 0. The molecule has 0 bridgehead atoms. The van der Waals surface area contributed by atoms with E-state index in [2.05, 4.69) is 76.5 Å². The summed E-state index contributed by atoms with van der Waals surface area (Å²) < 4.78 is 19.8. The molecule has 1 aromatic heterocycles. The quantitative estimate of drug-likeness (QED) is 0.217. The Morgan fingerprint density at radius 2 is 0.800 bits per heavy atom. The van der Waals surface area contributed by atoms with Crippen LogP contribution in [0.3, 0.4) is 0 Å². The number of nitrogens with zero attached hydrogens (tertiary/aromatic N) is 2. The van der Waals surface area contributed by atoms with Crippen LogP contribution in [0.25, 0.3) is 21.9 Å². The Kier molecular flexibility index (Phi) is 5.98. The molecule has 0 spiro atoms. The number of furan rings is 1. The molecule has 0 N–H and O–H groups in total. The number of para-hydroxylation sites is 3. The number of fused-ring (bicyclic) bond motifs is 3. The molecule has 0 atom stereocenters. The molecule has 0 fully saturated rings. The normalized spacial score (nSPS) is 11.1. The number of hydrogen-bond acceptors (Lipinski definition) is 3. The average molecular weight is 521 g/mol. The van der Waals surface area contributed by atoms with Gasteiger partial charge in [0.15, 0.2) is 0 Å². The Hall–Kier alpha value is -5.35. The first-order valence-corrected chi connectivity index (χ1v) is 13.2. The Labute approximate surface area is 232 Å². The van der Waals surface area contributed by atoms with Gasteiger partial charge in [0.05, 0.1) is 0 Å². The smallest absolute Gasteiger partial charge is 0.135 e. The fraction of sp³-hybridized carbons (Fsp3) is 0. The average Bonchev–Trinajstić information content (AvgIpc) is 3.38. The second kappa shape index (κ2) is 10.1. The van der Waals surface area contributed by atoms with Crippen LogP contribution in [0.1, 0.15) is 0 Å². The van der Waals surface area contributed by atoms with E-state index in [1.165, 1.54) is 12.1 Å². The van der Waals surface area contributed by atoms with E-state index >= 15 is 0 Å². The maximum Gasteiger partial charge on any atom is 0.135 e. The molecule has 0 saturated heterocycles. The van der Waals surface area contributed by atoms with Gasteiger partial charge >= 0.3 is 0 Å². The lowest BCUT2D eigenvalue weighted by Gasteiger charge is -2.28. The van der Waals surface area contributed by atoms with E-state index < -0.39 is 0 Å². The zero-order valence-electron chi connectivity index (χ0n) is 21.6. The van der Waals surface area contributed by atoms with Crippen molar-refractivity contribution in [2.24, 2.45) is 0 Å². The van der Waals surface area contributed by atoms with Gasteiger partial charge in [-0.05, 0) is 97.1 Å². The number of halogens is 1. The van der Waals surface area contributed by atoms with Crippen molar-refractivity contribution in [3.05, 3.63) is 157 Å². The predicted octanol–water partition coefficient (Wildman–Crippen LogP) is 10.7. The van der Waals surface area contributed by atoms with Crippen LogP contribution in [-0.2, 0) is 0 Å². The molecule has 0 aliphatic carbocycles. The summed E-state index contributed by atoms with van der Waals surface area (Å²) in [6.07, 6.45) is 0. The standard InChI is InChI=1S/C36H25FN2O/c37-26-15-17-29(18-16-26)38(27-9-3-1-4-10-27)30-19-21-31(22-20-30)39(28-11-5-2-6-12-28)32-23-24-36-34(25-32)33-13-7-8-14-35(33)40-36/h1-25H. The van der Waals surface area contributed by atoms with Crippen LogP contribution in [0, 0.1) is 5.82 Å². The van der Waals surface area contributed by atoms with Gasteiger partial charge in [0, 0.05) is 44.9 Å². The van der Waals surface area contributed by atoms with Gasteiger partial charge in [-0.15, -0.1) is 0 Å². The summed E-state index contributed by atoms with van der Waals surface area (Å²) >= 11 is 0. The van der Waals surface area contributed by atoms with Gasteiger partial charge in [0.25, 0.3) is 0 Å². The first-order chi connectivity index (χ1) is 19.7. The second-order valence-corrected chi connectivity index (χ2v) is 9.61. The highest BCUT2D eigenvalue weighted by Gasteiger charge is 2.17. The van der Waals surface area contributed by atoms with E-state index in [9.17, 15) is 4.39 Å². The minimum Gasteiger partial charge on any atom is -0.456 e. The van der Waals surface area contributed by atoms with Crippen molar-refractivity contribution in [3.8, 4) is 0 Å². The molecule has 0 amide bonds. The van der Waals surface area contributed by atoms with Gasteiger partial charge in [-0.3, -0.25) is 0 Å². The Balaban J connectivity index is 1.33. The Morgan fingerprint density at radius 3 is 1.40 bits per heavy atom. The molecule has 4 heteroatoms. The lowest BCUT2D eigenvalue weighted by atomic mass is 10.1. The topological polar surface area (TPSA) is 19.6 Å². The van der Waals surface area contributed by atoms with Crippen molar-refractivity contribution in [2.45, 2.75) is 0 Å². The molecular weight excluding hydrogens is 495 g/mol. The largest absolute Gasteiger partial charge is 0.456 e. The van der Waals surface area contributed by atoms with E-state index in [0.29, 0.717) is 0 Å². The summed E-state index contributed by atoms with van der Waals surface area (Å²) in [5.41, 5.74) is 7.73. The zero-order valence-corrected chi connectivity index (χ0v) is 21.6. The van der Waals surface area contributed by atoms with Crippen LogP contribution in [0.5, 0.6) is 0 Å². The fourth-order valence-corrected chi connectivity index (χ4v) is 5.24. The van der Waals surface area contributed by atoms with E-state index in [4.69, 9.17) is 4.42 Å². The minimum absolute atomic E-state index is 0.256. The SMILES string of the molecule is Fc1ccc(N(c2ccccc2)c2ccc(N(c3ccccc3)c3ccc4oc5ccccc5c4c3)cc2)cc1. The van der Waals surface area contributed by atoms with Crippen molar-refractivity contribution in [1.29, 1.82) is 0 Å². The van der Waals surface area contributed by atoms with Crippen LogP contribution < -0.4 is 9.80 Å². The molecule has 0 unspecified atom stereocenters. The molecule has 6 aromatic carbocycles. The maximum atomic E-state index is 13.8. The molecular formula is C36H25FN2O. The summed E-state index contributed by atoms with van der Waals surface area (Å²) in [5.74, 6) is -0.256. The van der Waals surface area contributed by atoms with Crippen LogP contribution >= 0.6 is 0 Å². The summed E-state index contributed by atoms with van der Waals surface area (Å²) in [6, 6.07) is 50.0. The highest BCUT2D eigenvalue weighted by Crippen LogP contribution is 2.40. The van der Waals surface area contributed by atoms with Crippen LogP contribution in [0.2, 0.25) is 0 Å². The van der Waals surface area contributed by atoms with Gasteiger partial charge in [-0.2, -0.15) is 0 Å². The first-order valence-electron chi connectivity index (χ1n) is 13.2. The molecule has 0 aliphatic heterocycles. The van der Waals surface area contributed by atoms with Crippen molar-refractivity contribution < 1.29 is 8.81 Å². The van der Waals surface area contributed by atoms with Gasteiger partial charge < -0.3 is 14.2 Å². The van der Waals surface area contributed by atoms with Crippen molar-refractivity contribution in [3.63, 3.8) is 0 Å². The van der Waals surface area contributed by atoms with Crippen molar-refractivity contribution >= 4 is 56.1 Å². The lowest BCUT2D eigenvalue weighted by molar-refractivity contribution is 0.628. The number of rotatable bonds is 6. The number of anilines is 6. The third-order valence-electron chi connectivity index (χ3n) is 7.10. The molecule has 192 valence electrons. The highest BCUT2D eigenvalue weighted by atomic mass is 19.1. The fourth-order valence-electron chi connectivity index (χ4n) is 5.24. The molecule has 0 aliphatic rings. The van der Waals surface area contributed by atoms with Gasteiger partial charge in [-0.25, -0.2) is 4.39 Å². The van der Waals surface area contributed by atoms with Gasteiger partial charge in [-0.1, -0.05) is 54.6 Å². The second-order valence-electron chi connectivity index (χ2n) is 9.61. The third-order valence-corrected chi connectivity index (χ3v) is 7.10.